The maximum atomic E-state index is 3.52. The van der Waals surface area contributed by atoms with E-state index in [2.05, 4.69) is 62.8 Å². The molecule has 1 aliphatic rings. The normalized spacial score (nSPS) is 14.4. The van der Waals surface area contributed by atoms with Crippen LogP contribution in [0.2, 0.25) is 0 Å². The van der Waals surface area contributed by atoms with Gasteiger partial charge in [0.05, 0.1) is 4.88 Å². The van der Waals surface area contributed by atoms with Crippen LogP contribution in [-0.2, 0) is 5.41 Å². The quantitative estimate of drug-likeness (QED) is 0.398. The van der Waals surface area contributed by atoms with Crippen molar-refractivity contribution >= 4 is 32.7 Å². The zero-order valence-corrected chi connectivity index (χ0v) is 21.6. The van der Waals surface area contributed by atoms with E-state index in [0.29, 0.717) is 0 Å². The van der Waals surface area contributed by atoms with Gasteiger partial charge < -0.3 is 0 Å². The van der Waals surface area contributed by atoms with Gasteiger partial charge in [-0.2, -0.15) is 10.0 Å². The summed E-state index contributed by atoms with van der Waals surface area (Å²) in [6.07, 6.45) is 14.5. The van der Waals surface area contributed by atoms with Crippen molar-refractivity contribution in [1.29, 1.82) is 0 Å². The molecule has 0 N–H and O–H groups in total. The third-order valence-corrected chi connectivity index (χ3v) is 8.20. The van der Waals surface area contributed by atoms with E-state index in [1.54, 1.807) is 16.0 Å². The van der Waals surface area contributed by atoms with Crippen molar-refractivity contribution in [3.8, 4) is 20.9 Å². The van der Waals surface area contributed by atoms with Crippen LogP contribution in [0.5, 0.6) is 0 Å². The zero-order chi connectivity index (χ0) is 20.9. The van der Waals surface area contributed by atoms with Crippen LogP contribution in [0.1, 0.15) is 87.1 Å². The number of fused-ring (bicyclic) bond motifs is 3. The van der Waals surface area contributed by atoms with Gasteiger partial charge in [0.25, 0.3) is 0 Å². The Kier molecular flexibility index (Phi) is 8.32. The second-order valence-corrected chi connectivity index (χ2v) is 14.5. The van der Waals surface area contributed by atoms with E-state index in [1.807, 2.05) is 36.5 Å². The van der Waals surface area contributed by atoms with Gasteiger partial charge in [-0.15, -0.1) is 22.7 Å². The molecule has 2 aromatic rings. The number of hydrogen-bond donors (Lipinski definition) is 0. The monoisotopic (exact) mass is 434 g/mol. The molecule has 0 nitrogen and oxygen atoms in total. The van der Waals surface area contributed by atoms with Gasteiger partial charge in [-0.3, -0.25) is 0 Å². The third-order valence-electron chi connectivity index (χ3n) is 5.22. The van der Waals surface area contributed by atoms with Crippen molar-refractivity contribution in [3.63, 3.8) is 0 Å². The molecule has 0 bridgehead atoms. The Balaban J connectivity index is 0.00000136. The van der Waals surface area contributed by atoms with E-state index in [-0.39, 0.29) is 5.41 Å². The Labute approximate surface area is 183 Å². The highest BCUT2D eigenvalue weighted by molar-refractivity contribution is 8.36. The van der Waals surface area contributed by atoms with Crippen molar-refractivity contribution in [1.82, 2.24) is 0 Å². The first kappa shape index (κ1) is 23.6. The predicted octanol–water partition coefficient (Wildman–Crippen LogP) is 8.79. The van der Waals surface area contributed by atoms with Gasteiger partial charge in [-0.1, -0.05) is 53.4 Å². The van der Waals surface area contributed by atoms with Crippen LogP contribution in [0.25, 0.3) is 9.75 Å². The molecule has 0 saturated heterocycles. The molecule has 0 amide bonds. The summed E-state index contributed by atoms with van der Waals surface area (Å²) >= 11 is 3.93. The van der Waals surface area contributed by atoms with E-state index in [9.17, 15) is 0 Å². The number of aryl methyl sites for hydroxylation is 1. The lowest BCUT2D eigenvalue weighted by atomic mass is 9.71. The summed E-state index contributed by atoms with van der Waals surface area (Å²) in [4.78, 5) is 5.80. The van der Waals surface area contributed by atoms with Gasteiger partial charge in [0.1, 0.15) is 0 Å². The highest BCUT2D eigenvalue weighted by Gasteiger charge is 2.44. The Morgan fingerprint density at radius 1 is 0.893 bits per heavy atom. The smallest absolute Gasteiger partial charge is 0.0787 e. The first-order valence-electron chi connectivity index (χ1n) is 10.8. The summed E-state index contributed by atoms with van der Waals surface area (Å²) in [5, 5.41) is 3.52. The largest absolute Gasteiger partial charge is 0.186 e. The van der Waals surface area contributed by atoms with E-state index in [0.717, 1.165) is 0 Å². The minimum absolute atomic E-state index is 0.243. The molecule has 156 valence electrons. The molecule has 0 spiro atoms. The van der Waals surface area contributed by atoms with Crippen molar-refractivity contribution < 1.29 is 0 Å². The van der Waals surface area contributed by atoms with Crippen molar-refractivity contribution in [2.75, 3.05) is 18.8 Å². The lowest BCUT2D eigenvalue weighted by Gasteiger charge is -2.31. The van der Waals surface area contributed by atoms with Crippen LogP contribution in [0, 0.1) is 18.1 Å². The van der Waals surface area contributed by atoms with Gasteiger partial charge in [0, 0.05) is 20.0 Å². The van der Waals surface area contributed by atoms with Gasteiger partial charge in [0.15, 0.2) is 0 Å². The molecule has 2 aromatic heterocycles. The lowest BCUT2D eigenvalue weighted by Crippen LogP contribution is -2.24. The Bertz CT molecular complexity index is 825. The van der Waals surface area contributed by atoms with E-state index >= 15 is 0 Å². The minimum atomic E-state index is -0.780. The summed E-state index contributed by atoms with van der Waals surface area (Å²) < 4.78 is 0. The molecule has 3 rings (SSSR count). The van der Waals surface area contributed by atoms with Gasteiger partial charge in [0.2, 0.25) is 0 Å². The maximum absolute atomic E-state index is 3.52. The third kappa shape index (κ3) is 4.89. The predicted molar refractivity (Wildman–Crippen MR) is 136 cm³/mol. The molecular weight excluding hydrogens is 396 g/mol. The Morgan fingerprint density at radius 2 is 1.43 bits per heavy atom. The summed E-state index contributed by atoms with van der Waals surface area (Å²) in [5.74, 6) is 3.51. The molecule has 0 radical (unpaired) electrons. The summed E-state index contributed by atoms with van der Waals surface area (Å²) in [7, 11) is -0.780. The fraction of sp³-hybridized carbons (Fsp3) is 0.600. The van der Waals surface area contributed by atoms with Crippen molar-refractivity contribution in [2.45, 2.75) is 78.6 Å². The molecule has 3 heteroatoms. The molecule has 0 atom stereocenters. The second-order valence-electron chi connectivity index (χ2n) is 8.31. The highest BCUT2D eigenvalue weighted by atomic mass is 32.3. The van der Waals surface area contributed by atoms with Crippen LogP contribution in [0.15, 0.2) is 12.1 Å². The first-order valence-corrected chi connectivity index (χ1v) is 15.3. The lowest BCUT2D eigenvalue weighted by molar-refractivity contribution is 0.415. The summed E-state index contributed by atoms with van der Waals surface area (Å²) in [5.41, 5.74) is 3.47. The summed E-state index contributed by atoms with van der Waals surface area (Å²) in [6.45, 7) is 10.9. The number of rotatable bonds is 6. The molecule has 2 heterocycles. The van der Waals surface area contributed by atoms with Gasteiger partial charge >= 0.3 is 0 Å². The fourth-order valence-corrected chi connectivity index (χ4v) is 6.85. The van der Waals surface area contributed by atoms with Crippen molar-refractivity contribution in [2.24, 2.45) is 0 Å². The zero-order valence-electron chi connectivity index (χ0n) is 19.1. The SMILES string of the molecule is CC.CCCCC1(CCCC)c2cc(C)sc2-c2sc(C#CS(C)(C)C)cc21. The topological polar surface area (TPSA) is 0 Å². The molecule has 0 aromatic carbocycles. The van der Waals surface area contributed by atoms with Gasteiger partial charge in [-0.25, -0.2) is 0 Å². The number of unbranched alkanes of at least 4 members (excludes halogenated alkanes) is 2. The van der Waals surface area contributed by atoms with Crippen LogP contribution >= 0.6 is 32.7 Å². The average Bonchev–Trinajstić information content (AvgIpc) is 3.30. The highest BCUT2D eigenvalue weighted by Crippen LogP contribution is 2.59. The van der Waals surface area contributed by atoms with Crippen molar-refractivity contribution in [3.05, 3.63) is 33.0 Å². The standard InChI is InChI=1S/C23H32S3.C2H6/c1-7-9-12-23(13-10-8-2)19-15-17(3)24-21(19)22-20(23)16-18(25-22)11-14-26(4,5)6;1-2/h15-16H,7-10,12-13H2,1-6H3;1-2H3. The van der Waals surface area contributed by atoms with Crippen LogP contribution in [0.3, 0.4) is 0 Å². The van der Waals surface area contributed by atoms with Crippen LogP contribution in [-0.4, -0.2) is 18.8 Å². The Morgan fingerprint density at radius 3 is 1.96 bits per heavy atom. The maximum Gasteiger partial charge on any atom is 0.0787 e. The molecule has 0 unspecified atom stereocenters. The Hall–Kier alpha value is -0.690. The first-order chi connectivity index (χ1) is 13.3. The molecule has 0 saturated carbocycles. The summed E-state index contributed by atoms with van der Waals surface area (Å²) in [6, 6.07) is 4.94. The van der Waals surface area contributed by atoms with Crippen LogP contribution in [0.4, 0.5) is 0 Å². The molecule has 0 aliphatic heterocycles. The molecule has 28 heavy (non-hydrogen) atoms. The average molecular weight is 435 g/mol. The van der Waals surface area contributed by atoms with E-state index in [4.69, 9.17) is 0 Å². The van der Waals surface area contributed by atoms with Crippen LogP contribution < -0.4 is 0 Å². The molecule has 1 aliphatic carbocycles. The van der Waals surface area contributed by atoms with Gasteiger partial charge in [-0.05, 0) is 73.0 Å². The number of thiophene rings is 2. The molecule has 0 fully saturated rings. The van der Waals surface area contributed by atoms with E-state index < -0.39 is 10.0 Å². The number of hydrogen-bond acceptors (Lipinski definition) is 2. The second kappa shape index (κ2) is 9.88. The fourth-order valence-electron chi connectivity index (χ4n) is 3.98. The minimum Gasteiger partial charge on any atom is -0.186 e. The molecular formula is C25H38S3. The van der Waals surface area contributed by atoms with E-state index in [1.165, 1.54) is 53.2 Å².